The molecule has 6 heteroatoms. The molecular formula is C24H20N2O4. The number of nitrogens with zero attached hydrogens (tertiary/aromatic N) is 1. The Kier molecular flexibility index (Phi) is 5.41. The fourth-order valence-electron chi connectivity index (χ4n) is 3.65. The summed E-state index contributed by atoms with van der Waals surface area (Å²) in [5.74, 6) is -1.51. The van der Waals surface area contributed by atoms with Crippen LogP contribution in [0, 0.1) is 0 Å². The maximum Gasteiger partial charge on any atom is 0.267 e. The number of rotatable bonds is 6. The molecular weight excluding hydrogens is 380 g/mol. The van der Waals surface area contributed by atoms with Crippen LogP contribution in [-0.4, -0.2) is 35.8 Å². The van der Waals surface area contributed by atoms with Crippen molar-refractivity contribution in [3.63, 3.8) is 0 Å². The third kappa shape index (κ3) is 3.60. The summed E-state index contributed by atoms with van der Waals surface area (Å²) >= 11 is 0. The summed E-state index contributed by atoms with van der Waals surface area (Å²) in [6.45, 7) is 0. The van der Waals surface area contributed by atoms with Crippen LogP contribution < -0.4 is 5.48 Å². The van der Waals surface area contributed by atoms with Crippen molar-refractivity contribution in [1.82, 2.24) is 10.4 Å². The maximum atomic E-state index is 12.9. The van der Waals surface area contributed by atoms with Gasteiger partial charge in [-0.05, 0) is 28.8 Å². The molecule has 0 radical (unpaired) electrons. The van der Waals surface area contributed by atoms with E-state index in [1.165, 1.54) is 7.11 Å². The average Bonchev–Trinajstić information content (AvgIpc) is 3.04. The van der Waals surface area contributed by atoms with Crippen molar-refractivity contribution in [1.29, 1.82) is 0 Å². The average molecular weight is 400 g/mol. The van der Waals surface area contributed by atoms with Crippen molar-refractivity contribution in [3.8, 4) is 11.1 Å². The molecule has 0 saturated heterocycles. The number of hydrogen-bond acceptors (Lipinski definition) is 4. The minimum Gasteiger partial charge on any atom is -0.277 e. The smallest absolute Gasteiger partial charge is 0.267 e. The monoisotopic (exact) mass is 400 g/mol. The van der Waals surface area contributed by atoms with E-state index in [-0.39, 0.29) is 6.42 Å². The lowest BCUT2D eigenvalue weighted by Gasteiger charge is -2.25. The molecule has 1 heterocycles. The third-order valence-electron chi connectivity index (χ3n) is 5.13. The SMILES string of the molecule is CONC(=O)[C@H](Cc1ccc(-c2ccccc2)cc1)N1C(=O)c2ccccc2C1=O. The summed E-state index contributed by atoms with van der Waals surface area (Å²) < 4.78 is 0. The lowest BCUT2D eigenvalue weighted by molar-refractivity contribution is -0.135. The summed E-state index contributed by atoms with van der Waals surface area (Å²) in [7, 11) is 1.31. The zero-order valence-electron chi connectivity index (χ0n) is 16.4. The Bertz CT molecular complexity index is 1060. The largest absolute Gasteiger partial charge is 0.277 e. The Labute approximate surface area is 174 Å². The van der Waals surface area contributed by atoms with E-state index in [4.69, 9.17) is 4.84 Å². The lowest BCUT2D eigenvalue weighted by Crippen LogP contribution is -2.50. The molecule has 150 valence electrons. The molecule has 3 aromatic carbocycles. The second kappa shape index (κ2) is 8.31. The predicted molar refractivity (Wildman–Crippen MR) is 111 cm³/mol. The zero-order valence-corrected chi connectivity index (χ0v) is 16.4. The summed E-state index contributed by atoms with van der Waals surface area (Å²) in [6.07, 6.45) is 0.176. The molecule has 1 N–H and O–H groups in total. The molecule has 0 unspecified atom stereocenters. The van der Waals surface area contributed by atoms with Gasteiger partial charge in [0.2, 0.25) is 0 Å². The first-order valence-corrected chi connectivity index (χ1v) is 9.54. The first kappa shape index (κ1) is 19.5. The van der Waals surface area contributed by atoms with E-state index in [0.29, 0.717) is 11.1 Å². The fourth-order valence-corrected chi connectivity index (χ4v) is 3.65. The Morgan fingerprint density at radius 2 is 1.37 bits per heavy atom. The second-order valence-corrected chi connectivity index (χ2v) is 6.98. The summed E-state index contributed by atoms with van der Waals surface area (Å²) in [5.41, 5.74) is 5.81. The number of carbonyl (C=O) groups excluding carboxylic acids is 3. The molecule has 0 spiro atoms. The van der Waals surface area contributed by atoms with Gasteiger partial charge in [0, 0.05) is 6.42 Å². The highest BCUT2D eigenvalue weighted by molar-refractivity contribution is 6.22. The van der Waals surface area contributed by atoms with E-state index >= 15 is 0 Å². The van der Waals surface area contributed by atoms with Crippen LogP contribution in [0.15, 0.2) is 78.9 Å². The number of fused-ring (bicyclic) bond motifs is 1. The van der Waals surface area contributed by atoms with Crippen LogP contribution in [0.25, 0.3) is 11.1 Å². The number of hydrogen-bond donors (Lipinski definition) is 1. The molecule has 0 saturated carbocycles. The molecule has 4 rings (SSSR count). The van der Waals surface area contributed by atoms with Gasteiger partial charge in [0.05, 0.1) is 18.2 Å². The summed E-state index contributed by atoms with van der Waals surface area (Å²) in [5, 5.41) is 0. The molecule has 0 bridgehead atoms. The number of carbonyl (C=O) groups is 3. The van der Waals surface area contributed by atoms with E-state index < -0.39 is 23.8 Å². The number of hydroxylamine groups is 1. The normalized spacial score (nSPS) is 13.8. The molecule has 30 heavy (non-hydrogen) atoms. The predicted octanol–water partition coefficient (Wildman–Crippen LogP) is 3.24. The van der Waals surface area contributed by atoms with E-state index in [0.717, 1.165) is 21.6 Å². The van der Waals surface area contributed by atoms with Crippen molar-refractivity contribution in [2.45, 2.75) is 12.5 Å². The highest BCUT2D eigenvalue weighted by Gasteiger charge is 2.42. The van der Waals surface area contributed by atoms with Crippen LogP contribution in [0.2, 0.25) is 0 Å². The van der Waals surface area contributed by atoms with Crippen LogP contribution in [0.1, 0.15) is 26.3 Å². The van der Waals surface area contributed by atoms with Gasteiger partial charge in [0.15, 0.2) is 0 Å². The van der Waals surface area contributed by atoms with Gasteiger partial charge >= 0.3 is 0 Å². The molecule has 3 aromatic rings. The molecule has 0 aromatic heterocycles. The Hall–Kier alpha value is -3.77. The molecule has 0 fully saturated rings. The number of benzene rings is 3. The summed E-state index contributed by atoms with van der Waals surface area (Å²) in [4.78, 5) is 44.2. The highest BCUT2D eigenvalue weighted by atomic mass is 16.6. The first-order chi connectivity index (χ1) is 14.6. The standard InChI is InChI=1S/C24H20N2O4/c1-30-25-22(27)21(26-23(28)19-9-5-6-10-20(19)24(26)29)15-16-11-13-18(14-12-16)17-7-3-2-4-8-17/h2-14,21H,15H2,1H3,(H,25,27)/t21-/m0/s1. The minimum atomic E-state index is -1.03. The van der Waals surface area contributed by atoms with Crippen molar-refractivity contribution in [3.05, 3.63) is 95.6 Å². The molecule has 1 atom stereocenters. The molecule has 1 aliphatic rings. The van der Waals surface area contributed by atoms with Gasteiger partial charge in [-0.25, -0.2) is 5.48 Å². The highest BCUT2D eigenvalue weighted by Crippen LogP contribution is 2.27. The molecule has 0 aliphatic carbocycles. The van der Waals surface area contributed by atoms with Crippen LogP contribution in [-0.2, 0) is 16.1 Å². The van der Waals surface area contributed by atoms with Crippen LogP contribution in [0.5, 0.6) is 0 Å². The second-order valence-electron chi connectivity index (χ2n) is 6.98. The Morgan fingerprint density at radius 1 is 0.833 bits per heavy atom. The van der Waals surface area contributed by atoms with E-state index in [1.54, 1.807) is 24.3 Å². The van der Waals surface area contributed by atoms with Gasteiger partial charge in [-0.1, -0.05) is 66.7 Å². The van der Waals surface area contributed by atoms with E-state index in [2.05, 4.69) is 5.48 Å². The van der Waals surface area contributed by atoms with E-state index in [9.17, 15) is 14.4 Å². The van der Waals surface area contributed by atoms with Crippen LogP contribution in [0.3, 0.4) is 0 Å². The van der Waals surface area contributed by atoms with Gasteiger partial charge in [-0.3, -0.25) is 24.1 Å². The minimum absolute atomic E-state index is 0.176. The quantitative estimate of drug-likeness (QED) is 0.509. The van der Waals surface area contributed by atoms with Gasteiger partial charge in [-0.15, -0.1) is 0 Å². The lowest BCUT2D eigenvalue weighted by atomic mass is 9.99. The summed E-state index contributed by atoms with van der Waals surface area (Å²) in [6, 6.07) is 23.2. The number of nitrogens with one attached hydrogen (secondary N) is 1. The Balaban J connectivity index is 1.62. The number of imide groups is 1. The number of amides is 3. The maximum absolute atomic E-state index is 12.9. The van der Waals surface area contributed by atoms with Gasteiger partial charge in [-0.2, -0.15) is 0 Å². The fraction of sp³-hybridized carbons (Fsp3) is 0.125. The van der Waals surface area contributed by atoms with Crippen molar-refractivity contribution >= 4 is 17.7 Å². The van der Waals surface area contributed by atoms with Crippen LogP contribution in [0.4, 0.5) is 0 Å². The molecule has 6 nitrogen and oxygen atoms in total. The van der Waals surface area contributed by atoms with Gasteiger partial charge in [0.25, 0.3) is 17.7 Å². The van der Waals surface area contributed by atoms with Crippen molar-refractivity contribution in [2.75, 3.05) is 7.11 Å². The Morgan fingerprint density at radius 3 is 1.93 bits per heavy atom. The van der Waals surface area contributed by atoms with Crippen molar-refractivity contribution < 1.29 is 19.2 Å². The molecule has 1 aliphatic heterocycles. The van der Waals surface area contributed by atoms with Gasteiger partial charge in [0.1, 0.15) is 6.04 Å². The first-order valence-electron chi connectivity index (χ1n) is 9.54. The van der Waals surface area contributed by atoms with Crippen LogP contribution >= 0.6 is 0 Å². The van der Waals surface area contributed by atoms with E-state index in [1.807, 2.05) is 54.6 Å². The topological polar surface area (TPSA) is 75.7 Å². The van der Waals surface area contributed by atoms with Crippen molar-refractivity contribution in [2.24, 2.45) is 0 Å². The zero-order chi connectivity index (χ0) is 21.1. The third-order valence-corrected chi connectivity index (χ3v) is 5.13. The molecule has 3 amide bonds. The van der Waals surface area contributed by atoms with Gasteiger partial charge < -0.3 is 0 Å².